The molecular weight excluding hydrogens is 380 g/mol. The van der Waals surface area contributed by atoms with Crippen molar-refractivity contribution in [1.82, 2.24) is 0 Å². The van der Waals surface area contributed by atoms with Gasteiger partial charge in [0.05, 0.1) is 11.5 Å². The van der Waals surface area contributed by atoms with Gasteiger partial charge >= 0.3 is 5.97 Å². The van der Waals surface area contributed by atoms with Crippen LogP contribution >= 0.6 is 0 Å². The Labute approximate surface area is 165 Å². The molecule has 3 aromatic rings. The van der Waals surface area contributed by atoms with Crippen molar-refractivity contribution in [2.24, 2.45) is 0 Å². The molecule has 0 atom stereocenters. The lowest BCUT2D eigenvalue weighted by Gasteiger charge is -2.07. The highest BCUT2D eigenvalue weighted by atomic mass is 16.6. The summed E-state index contributed by atoms with van der Waals surface area (Å²) in [5, 5.41) is 13.9. The molecule has 0 spiro atoms. The number of hydrogen-bond donors (Lipinski definition) is 1. The van der Waals surface area contributed by atoms with Crippen LogP contribution in [0.15, 0.2) is 52.9 Å². The molecule has 29 heavy (non-hydrogen) atoms. The fourth-order valence-corrected chi connectivity index (χ4v) is 2.67. The van der Waals surface area contributed by atoms with Crippen LogP contribution < -0.4 is 5.32 Å². The number of furan rings is 1. The van der Waals surface area contributed by atoms with Gasteiger partial charge in [0.2, 0.25) is 5.76 Å². The minimum absolute atomic E-state index is 0.0113. The fraction of sp³-hybridized carbons (Fsp3) is 0.200. The summed E-state index contributed by atoms with van der Waals surface area (Å²) in [7, 11) is 0. The molecule has 0 saturated heterocycles. The number of nitro benzene ring substituents is 1. The van der Waals surface area contributed by atoms with Crippen LogP contribution in [-0.2, 0) is 20.9 Å². The highest BCUT2D eigenvalue weighted by Crippen LogP contribution is 2.27. The molecular formula is C20H18N2O7. The Morgan fingerprint density at radius 2 is 1.86 bits per heavy atom. The van der Waals surface area contributed by atoms with Gasteiger partial charge in [-0.15, -0.1) is 0 Å². The Morgan fingerprint density at radius 1 is 1.14 bits per heavy atom. The first-order valence-electron chi connectivity index (χ1n) is 8.79. The van der Waals surface area contributed by atoms with Crippen molar-refractivity contribution in [3.63, 3.8) is 0 Å². The standard InChI is InChI=1S/C20H18N2O7/c1-2-27-11-16-15-5-3-4-6-17(15)29-19(16)20(24)28-12-18(23)21-13-7-9-14(10-8-13)22(25)26/h3-10H,2,11-12H2,1H3,(H,21,23). The Balaban J connectivity index is 1.65. The van der Waals surface area contributed by atoms with Crippen LogP contribution in [0.5, 0.6) is 0 Å². The Kier molecular flexibility index (Phi) is 6.20. The Morgan fingerprint density at radius 3 is 2.55 bits per heavy atom. The lowest BCUT2D eigenvalue weighted by Crippen LogP contribution is -2.21. The number of carbonyl (C=O) groups excluding carboxylic acids is 2. The number of nitrogens with one attached hydrogen (secondary N) is 1. The lowest BCUT2D eigenvalue weighted by atomic mass is 10.1. The van der Waals surface area contributed by atoms with Crippen molar-refractivity contribution in [1.29, 1.82) is 0 Å². The number of anilines is 1. The largest absolute Gasteiger partial charge is 0.450 e. The molecule has 0 aliphatic heterocycles. The summed E-state index contributed by atoms with van der Waals surface area (Å²) in [5.41, 5.74) is 1.33. The van der Waals surface area contributed by atoms with E-state index in [0.29, 0.717) is 23.4 Å². The summed E-state index contributed by atoms with van der Waals surface area (Å²) in [5.74, 6) is -1.38. The van der Waals surface area contributed by atoms with E-state index in [0.717, 1.165) is 5.39 Å². The van der Waals surface area contributed by atoms with E-state index < -0.39 is 23.4 Å². The van der Waals surface area contributed by atoms with Crippen LogP contribution in [-0.4, -0.2) is 30.0 Å². The first-order chi connectivity index (χ1) is 14.0. The average molecular weight is 398 g/mol. The molecule has 0 fully saturated rings. The highest BCUT2D eigenvalue weighted by molar-refractivity contribution is 5.98. The number of nitro groups is 1. The van der Waals surface area contributed by atoms with E-state index in [1.54, 1.807) is 12.1 Å². The average Bonchev–Trinajstić information content (AvgIpc) is 3.09. The van der Waals surface area contributed by atoms with Crippen LogP contribution in [0.2, 0.25) is 0 Å². The number of rotatable bonds is 8. The van der Waals surface area contributed by atoms with Gasteiger partial charge in [0.15, 0.2) is 6.61 Å². The van der Waals surface area contributed by atoms with Gasteiger partial charge in [-0.3, -0.25) is 14.9 Å². The third-order valence-electron chi connectivity index (χ3n) is 4.03. The highest BCUT2D eigenvalue weighted by Gasteiger charge is 2.22. The Bertz CT molecular complexity index is 1040. The predicted molar refractivity (Wildman–Crippen MR) is 104 cm³/mol. The normalized spacial score (nSPS) is 10.7. The SMILES string of the molecule is CCOCc1c(C(=O)OCC(=O)Nc2ccc([N+](=O)[O-])cc2)oc2ccccc12. The van der Waals surface area contributed by atoms with E-state index in [4.69, 9.17) is 13.9 Å². The molecule has 0 unspecified atom stereocenters. The number of benzene rings is 2. The second kappa shape index (κ2) is 8.98. The van der Waals surface area contributed by atoms with Crippen molar-refractivity contribution in [3.8, 4) is 0 Å². The predicted octanol–water partition coefficient (Wildman–Crippen LogP) is 3.67. The zero-order valence-electron chi connectivity index (χ0n) is 15.5. The van der Waals surface area contributed by atoms with E-state index in [1.807, 2.05) is 19.1 Å². The fourth-order valence-electron chi connectivity index (χ4n) is 2.67. The topological polar surface area (TPSA) is 121 Å². The molecule has 0 radical (unpaired) electrons. The molecule has 150 valence electrons. The minimum atomic E-state index is -0.783. The van der Waals surface area contributed by atoms with Crippen LogP contribution in [0.3, 0.4) is 0 Å². The molecule has 1 heterocycles. The quantitative estimate of drug-likeness (QED) is 0.349. The third kappa shape index (κ3) is 4.77. The monoisotopic (exact) mass is 398 g/mol. The van der Waals surface area contributed by atoms with Gasteiger partial charge in [0.25, 0.3) is 11.6 Å². The molecule has 9 heteroatoms. The second-order valence-electron chi connectivity index (χ2n) is 5.97. The van der Waals surface area contributed by atoms with Gasteiger partial charge in [0.1, 0.15) is 5.58 Å². The van der Waals surface area contributed by atoms with Crippen LogP contribution in [0.25, 0.3) is 11.0 Å². The number of para-hydroxylation sites is 1. The number of non-ortho nitro benzene ring substituents is 1. The van der Waals surface area contributed by atoms with E-state index in [2.05, 4.69) is 5.32 Å². The first-order valence-corrected chi connectivity index (χ1v) is 8.79. The molecule has 3 rings (SSSR count). The molecule has 1 amide bonds. The van der Waals surface area contributed by atoms with E-state index in [9.17, 15) is 19.7 Å². The molecule has 0 saturated carbocycles. The van der Waals surface area contributed by atoms with E-state index in [1.165, 1.54) is 24.3 Å². The molecule has 9 nitrogen and oxygen atoms in total. The molecule has 0 bridgehead atoms. The number of ether oxygens (including phenoxy) is 2. The minimum Gasteiger partial charge on any atom is -0.450 e. The van der Waals surface area contributed by atoms with Gasteiger partial charge < -0.3 is 19.2 Å². The summed E-state index contributed by atoms with van der Waals surface area (Å²) in [6.07, 6.45) is 0. The summed E-state index contributed by atoms with van der Waals surface area (Å²) >= 11 is 0. The number of fused-ring (bicyclic) bond motifs is 1. The second-order valence-corrected chi connectivity index (χ2v) is 5.97. The molecule has 2 aromatic carbocycles. The zero-order chi connectivity index (χ0) is 20.8. The van der Waals surface area contributed by atoms with Crippen LogP contribution in [0.4, 0.5) is 11.4 Å². The number of nitrogens with zero attached hydrogens (tertiary/aromatic N) is 1. The van der Waals surface area contributed by atoms with Gasteiger partial charge in [-0.05, 0) is 25.1 Å². The molecule has 1 N–H and O–H groups in total. The van der Waals surface area contributed by atoms with Gasteiger partial charge in [-0.2, -0.15) is 0 Å². The summed E-state index contributed by atoms with van der Waals surface area (Å²) < 4.78 is 16.1. The van der Waals surface area contributed by atoms with Crippen LogP contribution in [0.1, 0.15) is 23.0 Å². The Hall–Kier alpha value is -3.72. The van der Waals surface area contributed by atoms with Gasteiger partial charge in [-0.1, -0.05) is 18.2 Å². The third-order valence-corrected chi connectivity index (χ3v) is 4.03. The number of carbonyl (C=O) groups is 2. The van der Waals surface area contributed by atoms with Gasteiger partial charge in [-0.25, -0.2) is 4.79 Å². The number of hydrogen-bond acceptors (Lipinski definition) is 7. The molecule has 0 aliphatic carbocycles. The van der Waals surface area contributed by atoms with E-state index in [-0.39, 0.29) is 18.1 Å². The maximum Gasteiger partial charge on any atom is 0.375 e. The van der Waals surface area contributed by atoms with Crippen molar-refractivity contribution in [3.05, 3.63) is 70.0 Å². The molecule has 0 aliphatic rings. The van der Waals surface area contributed by atoms with Gasteiger partial charge in [0, 0.05) is 35.4 Å². The maximum absolute atomic E-state index is 12.4. The summed E-state index contributed by atoms with van der Waals surface area (Å²) in [6, 6.07) is 12.4. The van der Waals surface area contributed by atoms with Crippen LogP contribution in [0, 0.1) is 10.1 Å². The van der Waals surface area contributed by atoms with Crippen molar-refractivity contribution in [2.45, 2.75) is 13.5 Å². The summed E-state index contributed by atoms with van der Waals surface area (Å²) in [6.45, 7) is 1.93. The van der Waals surface area contributed by atoms with Crippen molar-refractivity contribution < 1.29 is 28.4 Å². The lowest BCUT2D eigenvalue weighted by molar-refractivity contribution is -0.384. The number of esters is 1. The van der Waals surface area contributed by atoms with Crippen molar-refractivity contribution >= 4 is 34.2 Å². The van der Waals surface area contributed by atoms with E-state index >= 15 is 0 Å². The zero-order valence-corrected chi connectivity index (χ0v) is 15.5. The van der Waals surface area contributed by atoms with Crippen molar-refractivity contribution in [2.75, 3.05) is 18.5 Å². The maximum atomic E-state index is 12.4. The molecule has 1 aromatic heterocycles. The summed E-state index contributed by atoms with van der Waals surface area (Å²) in [4.78, 5) is 34.6. The smallest absolute Gasteiger partial charge is 0.375 e. The number of amides is 1. The first kappa shape index (κ1) is 20.0.